The third-order valence-corrected chi connectivity index (χ3v) is 7.01. The van der Waals surface area contributed by atoms with Crippen molar-refractivity contribution in [2.75, 3.05) is 24.4 Å². The fraction of sp³-hybridized carbons (Fsp3) is 0.368. The summed E-state index contributed by atoms with van der Waals surface area (Å²) in [4.78, 5) is 26.5. The zero-order valence-electron chi connectivity index (χ0n) is 16.0. The molecule has 1 amide bonds. The summed E-state index contributed by atoms with van der Waals surface area (Å²) in [7, 11) is -3.82. The van der Waals surface area contributed by atoms with Crippen molar-refractivity contribution in [3.63, 3.8) is 0 Å². The van der Waals surface area contributed by atoms with Crippen LogP contribution in [0.5, 0.6) is 0 Å². The Balaban J connectivity index is 1.66. The Labute approximate surface area is 173 Å². The van der Waals surface area contributed by atoms with Crippen molar-refractivity contribution in [3.05, 3.63) is 47.3 Å². The minimum Gasteiger partial charge on any atom is -0.452 e. The maximum absolute atomic E-state index is 12.5. The molecule has 8 nitrogen and oxygen atoms in total. The third kappa shape index (κ3) is 5.34. The smallest absolute Gasteiger partial charge is 0.340 e. The second kappa shape index (κ2) is 8.93. The van der Waals surface area contributed by atoms with Crippen LogP contribution >= 0.6 is 11.3 Å². The summed E-state index contributed by atoms with van der Waals surface area (Å²) >= 11 is 1.07. The molecular formula is C19H22N2O6S2. The highest BCUT2D eigenvalue weighted by Gasteiger charge is 2.27. The van der Waals surface area contributed by atoms with E-state index in [0.717, 1.165) is 11.3 Å². The fourth-order valence-electron chi connectivity index (χ4n) is 3.04. The Morgan fingerprint density at radius 1 is 1.17 bits per heavy atom. The molecule has 29 heavy (non-hydrogen) atoms. The molecule has 1 aromatic carbocycles. The van der Waals surface area contributed by atoms with Gasteiger partial charge >= 0.3 is 5.97 Å². The van der Waals surface area contributed by atoms with Crippen molar-refractivity contribution in [1.82, 2.24) is 4.90 Å². The van der Waals surface area contributed by atoms with Gasteiger partial charge in [0, 0.05) is 13.1 Å². The van der Waals surface area contributed by atoms with E-state index in [1.54, 1.807) is 28.5 Å². The number of anilines is 1. The number of thiophene rings is 1. The van der Waals surface area contributed by atoms with E-state index in [9.17, 15) is 18.0 Å². The van der Waals surface area contributed by atoms with E-state index in [1.807, 2.05) is 13.8 Å². The highest BCUT2D eigenvalue weighted by molar-refractivity contribution is 7.94. The highest BCUT2D eigenvalue weighted by Crippen LogP contribution is 2.23. The normalized spacial score (nSPS) is 19.6. The number of ether oxygens (including phenoxy) is 2. The van der Waals surface area contributed by atoms with Crippen LogP contribution in [-0.2, 0) is 24.3 Å². The number of morpholine rings is 1. The van der Waals surface area contributed by atoms with Crippen LogP contribution in [0.2, 0.25) is 0 Å². The van der Waals surface area contributed by atoms with Gasteiger partial charge in [0.25, 0.3) is 15.9 Å². The van der Waals surface area contributed by atoms with Gasteiger partial charge in [-0.25, -0.2) is 13.2 Å². The summed E-state index contributed by atoms with van der Waals surface area (Å²) in [5.74, 6) is -1.10. The largest absolute Gasteiger partial charge is 0.452 e. The first-order chi connectivity index (χ1) is 13.8. The molecule has 1 N–H and O–H groups in total. The highest BCUT2D eigenvalue weighted by atomic mass is 32.2. The van der Waals surface area contributed by atoms with E-state index in [1.165, 1.54) is 18.2 Å². The summed E-state index contributed by atoms with van der Waals surface area (Å²) in [6.07, 6.45) is -0.184. The van der Waals surface area contributed by atoms with E-state index in [4.69, 9.17) is 9.47 Å². The summed E-state index contributed by atoms with van der Waals surface area (Å²) in [5.41, 5.74) is 0.121. The number of para-hydroxylation sites is 1. The first-order valence-corrected chi connectivity index (χ1v) is 11.4. The maximum atomic E-state index is 12.5. The number of rotatable bonds is 6. The van der Waals surface area contributed by atoms with Crippen LogP contribution in [0.4, 0.5) is 5.69 Å². The lowest BCUT2D eigenvalue weighted by Crippen LogP contribution is -2.49. The average Bonchev–Trinajstić information content (AvgIpc) is 3.21. The minimum atomic E-state index is -3.82. The van der Waals surface area contributed by atoms with Gasteiger partial charge in [-0.3, -0.25) is 9.52 Å². The van der Waals surface area contributed by atoms with Crippen LogP contribution in [0.25, 0.3) is 0 Å². The van der Waals surface area contributed by atoms with Gasteiger partial charge in [0.15, 0.2) is 6.61 Å². The lowest BCUT2D eigenvalue weighted by Gasteiger charge is -2.35. The van der Waals surface area contributed by atoms with Gasteiger partial charge < -0.3 is 14.4 Å². The number of benzene rings is 1. The summed E-state index contributed by atoms with van der Waals surface area (Å²) in [5, 5.41) is 1.65. The molecule has 3 rings (SSSR count). The van der Waals surface area contributed by atoms with Crippen LogP contribution < -0.4 is 4.72 Å². The van der Waals surface area contributed by atoms with Crippen LogP contribution in [0.15, 0.2) is 46.0 Å². The monoisotopic (exact) mass is 438 g/mol. The predicted molar refractivity (Wildman–Crippen MR) is 108 cm³/mol. The first kappa shape index (κ1) is 21.3. The lowest BCUT2D eigenvalue weighted by molar-refractivity contribution is -0.146. The average molecular weight is 439 g/mol. The molecule has 1 aliphatic rings. The van der Waals surface area contributed by atoms with E-state index >= 15 is 0 Å². The van der Waals surface area contributed by atoms with Crippen LogP contribution in [-0.4, -0.2) is 57.1 Å². The van der Waals surface area contributed by atoms with E-state index in [-0.39, 0.29) is 33.6 Å². The topological polar surface area (TPSA) is 102 Å². The number of esters is 1. The van der Waals surface area contributed by atoms with Crippen LogP contribution in [0, 0.1) is 0 Å². The van der Waals surface area contributed by atoms with Gasteiger partial charge in [0.1, 0.15) is 4.21 Å². The molecule has 2 aromatic rings. The third-order valence-electron chi connectivity index (χ3n) is 4.25. The molecule has 0 radical (unpaired) electrons. The first-order valence-electron chi connectivity index (χ1n) is 9.02. The molecule has 2 heterocycles. The Morgan fingerprint density at radius 2 is 1.86 bits per heavy atom. The molecule has 10 heteroatoms. The van der Waals surface area contributed by atoms with Gasteiger partial charge in [0.05, 0.1) is 23.5 Å². The molecular weight excluding hydrogens is 416 g/mol. The van der Waals surface area contributed by atoms with E-state index in [0.29, 0.717) is 13.1 Å². The van der Waals surface area contributed by atoms with Gasteiger partial charge in [-0.05, 0) is 37.4 Å². The molecule has 0 spiro atoms. The number of carbonyl (C=O) groups is 2. The van der Waals surface area contributed by atoms with Crippen molar-refractivity contribution in [1.29, 1.82) is 0 Å². The number of amides is 1. The molecule has 2 atom stereocenters. The van der Waals surface area contributed by atoms with Gasteiger partial charge in [-0.2, -0.15) is 0 Å². The van der Waals surface area contributed by atoms with Gasteiger partial charge in [-0.1, -0.05) is 18.2 Å². The SMILES string of the molecule is CC1CN(C(=O)COC(=O)c2ccccc2NS(=O)(=O)c2cccs2)CC(C)O1. The quantitative estimate of drug-likeness (QED) is 0.695. The van der Waals surface area contributed by atoms with Crippen LogP contribution in [0.3, 0.4) is 0 Å². The summed E-state index contributed by atoms with van der Waals surface area (Å²) < 4.78 is 38.2. The van der Waals surface area contributed by atoms with Gasteiger partial charge in [0.2, 0.25) is 0 Å². The number of hydrogen-bond acceptors (Lipinski definition) is 7. The molecule has 1 fully saturated rings. The Morgan fingerprint density at radius 3 is 2.52 bits per heavy atom. The number of sulfonamides is 1. The Kier molecular flexibility index (Phi) is 6.56. The zero-order chi connectivity index (χ0) is 21.0. The van der Waals surface area contributed by atoms with E-state index in [2.05, 4.69) is 4.72 Å². The molecule has 0 bridgehead atoms. The second-order valence-electron chi connectivity index (χ2n) is 6.72. The molecule has 1 aromatic heterocycles. The Bertz CT molecular complexity index is 964. The number of nitrogens with zero attached hydrogens (tertiary/aromatic N) is 1. The van der Waals surface area contributed by atoms with Crippen molar-refractivity contribution >= 4 is 38.9 Å². The van der Waals surface area contributed by atoms with Crippen molar-refractivity contribution in [3.8, 4) is 0 Å². The predicted octanol–water partition coefficient (Wildman–Crippen LogP) is 2.34. The molecule has 1 aliphatic heterocycles. The molecule has 1 saturated heterocycles. The number of nitrogens with one attached hydrogen (secondary N) is 1. The number of carbonyl (C=O) groups excluding carboxylic acids is 2. The standard InChI is InChI=1S/C19H22N2O6S2/c1-13-10-21(11-14(2)27-13)17(22)12-26-19(23)15-6-3-4-7-16(15)20-29(24,25)18-8-5-9-28-18/h3-9,13-14,20H,10-12H2,1-2H3. The second-order valence-corrected chi connectivity index (χ2v) is 9.57. The molecule has 0 aliphatic carbocycles. The molecule has 156 valence electrons. The van der Waals surface area contributed by atoms with Crippen molar-refractivity contribution < 1.29 is 27.5 Å². The van der Waals surface area contributed by atoms with Crippen LogP contribution in [0.1, 0.15) is 24.2 Å². The lowest BCUT2D eigenvalue weighted by atomic mass is 10.2. The van der Waals surface area contributed by atoms with Crippen molar-refractivity contribution in [2.24, 2.45) is 0 Å². The molecule has 2 unspecified atom stereocenters. The van der Waals surface area contributed by atoms with E-state index < -0.39 is 22.6 Å². The molecule has 0 saturated carbocycles. The van der Waals surface area contributed by atoms with Gasteiger partial charge in [-0.15, -0.1) is 11.3 Å². The Hall–Kier alpha value is -2.43. The summed E-state index contributed by atoms with van der Waals surface area (Å²) in [6, 6.07) is 9.19. The fourth-order valence-corrected chi connectivity index (χ4v) is 5.11. The maximum Gasteiger partial charge on any atom is 0.340 e. The zero-order valence-corrected chi connectivity index (χ0v) is 17.7. The summed E-state index contributed by atoms with van der Waals surface area (Å²) in [6.45, 7) is 4.18. The van der Waals surface area contributed by atoms with Crippen molar-refractivity contribution in [2.45, 2.75) is 30.3 Å². The minimum absolute atomic E-state index is 0.0316. The number of hydrogen-bond donors (Lipinski definition) is 1.